The highest BCUT2D eigenvalue weighted by molar-refractivity contribution is 9.10. The summed E-state index contributed by atoms with van der Waals surface area (Å²) in [6.07, 6.45) is 1.71. The fraction of sp³-hybridized carbons (Fsp3) is 0.154. The van der Waals surface area contributed by atoms with Gasteiger partial charge in [-0.2, -0.15) is 0 Å². The summed E-state index contributed by atoms with van der Waals surface area (Å²) in [4.78, 5) is 4.18. The van der Waals surface area contributed by atoms with Gasteiger partial charge in [0.05, 0.1) is 12.2 Å². The molecule has 0 spiro atoms. The quantitative estimate of drug-likeness (QED) is 0.834. The second-order valence-electron chi connectivity index (χ2n) is 3.68. The number of anilines is 2. The average Bonchev–Trinajstić information content (AvgIpc) is 2.38. The molecule has 2 rings (SSSR count). The van der Waals surface area contributed by atoms with Crippen LogP contribution in [-0.4, -0.2) is 18.1 Å². The molecule has 0 aliphatic heterocycles. The maximum absolute atomic E-state index is 5.82. The molecule has 0 saturated heterocycles. The monoisotopic (exact) mass is 307 g/mol. The van der Waals surface area contributed by atoms with Gasteiger partial charge in [-0.25, -0.2) is 4.98 Å². The molecule has 1 heterocycles. The highest BCUT2D eigenvalue weighted by Gasteiger charge is 2.00. The van der Waals surface area contributed by atoms with Crippen LogP contribution in [0.25, 0.3) is 0 Å². The minimum Gasteiger partial charge on any atom is -0.492 e. The Morgan fingerprint density at radius 2 is 2.06 bits per heavy atom. The number of nitrogens with zero attached hydrogens (tertiary/aromatic N) is 1. The van der Waals surface area contributed by atoms with Gasteiger partial charge in [-0.3, -0.25) is 0 Å². The molecule has 0 saturated carbocycles. The maximum atomic E-state index is 5.82. The second-order valence-corrected chi connectivity index (χ2v) is 4.60. The van der Waals surface area contributed by atoms with E-state index < -0.39 is 0 Å². The summed E-state index contributed by atoms with van der Waals surface area (Å²) in [7, 11) is 0. The topological polar surface area (TPSA) is 60.2 Å². The minimum atomic E-state index is 0.557. The first-order valence-electron chi connectivity index (χ1n) is 5.58. The Morgan fingerprint density at radius 3 is 2.78 bits per heavy atom. The van der Waals surface area contributed by atoms with Crippen molar-refractivity contribution in [2.24, 2.45) is 0 Å². The van der Waals surface area contributed by atoms with Gasteiger partial charge >= 0.3 is 0 Å². The first-order chi connectivity index (χ1) is 8.75. The van der Waals surface area contributed by atoms with E-state index in [-0.39, 0.29) is 0 Å². The Morgan fingerprint density at radius 1 is 1.28 bits per heavy atom. The third kappa shape index (κ3) is 3.63. The molecule has 0 aliphatic carbocycles. The van der Waals surface area contributed by atoms with Crippen molar-refractivity contribution in [3.63, 3.8) is 0 Å². The first kappa shape index (κ1) is 12.7. The molecule has 0 fully saturated rings. The molecule has 0 amide bonds. The fourth-order valence-corrected chi connectivity index (χ4v) is 1.81. The van der Waals surface area contributed by atoms with Gasteiger partial charge in [-0.1, -0.05) is 18.2 Å². The van der Waals surface area contributed by atoms with E-state index in [2.05, 4.69) is 26.2 Å². The Kier molecular flexibility index (Phi) is 4.41. The van der Waals surface area contributed by atoms with Crippen molar-refractivity contribution in [3.8, 4) is 5.75 Å². The summed E-state index contributed by atoms with van der Waals surface area (Å²) >= 11 is 3.31. The number of para-hydroxylation sites is 1. The highest BCUT2D eigenvalue weighted by atomic mass is 79.9. The number of nitrogens with one attached hydrogen (secondary N) is 1. The van der Waals surface area contributed by atoms with Crippen molar-refractivity contribution in [1.29, 1.82) is 0 Å². The Hall–Kier alpha value is -1.75. The zero-order valence-corrected chi connectivity index (χ0v) is 11.4. The SMILES string of the molecule is Nc1cc(Br)cnc1NCCOc1ccccc1. The molecule has 94 valence electrons. The molecule has 0 atom stereocenters. The van der Waals surface area contributed by atoms with Gasteiger partial charge in [0.15, 0.2) is 0 Å². The van der Waals surface area contributed by atoms with Gasteiger partial charge in [0.1, 0.15) is 18.2 Å². The molecular formula is C13H14BrN3O. The van der Waals surface area contributed by atoms with E-state index in [0.29, 0.717) is 24.7 Å². The third-order valence-electron chi connectivity index (χ3n) is 2.29. The number of pyridine rings is 1. The van der Waals surface area contributed by atoms with Crippen molar-refractivity contribution >= 4 is 27.4 Å². The zero-order chi connectivity index (χ0) is 12.8. The van der Waals surface area contributed by atoms with Crippen molar-refractivity contribution < 1.29 is 4.74 Å². The van der Waals surface area contributed by atoms with Crippen LogP contribution in [0.2, 0.25) is 0 Å². The van der Waals surface area contributed by atoms with E-state index in [1.807, 2.05) is 36.4 Å². The lowest BCUT2D eigenvalue weighted by atomic mass is 10.3. The highest BCUT2D eigenvalue weighted by Crippen LogP contribution is 2.19. The van der Waals surface area contributed by atoms with E-state index in [1.54, 1.807) is 6.20 Å². The number of rotatable bonds is 5. The number of benzene rings is 1. The number of hydrogen-bond acceptors (Lipinski definition) is 4. The standard InChI is InChI=1S/C13H14BrN3O/c14-10-8-12(15)13(17-9-10)16-6-7-18-11-4-2-1-3-5-11/h1-5,8-9H,6-7,15H2,(H,16,17). The summed E-state index contributed by atoms with van der Waals surface area (Å²) in [6, 6.07) is 11.5. The van der Waals surface area contributed by atoms with Crippen molar-refractivity contribution in [2.45, 2.75) is 0 Å². The van der Waals surface area contributed by atoms with Gasteiger partial charge in [0, 0.05) is 10.7 Å². The second kappa shape index (κ2) is 6.26. The molecule has 0 bridgehead atoms. The van der Waals surface area contributed by atoms with E-state index >= 15 is 0 Å². The van der Waals surface area contributed by atoms with Crippen LogP contribution in [-0.2, 0) is 0 Å². The lowest BCUT2D eigenvalue weighted by Crippen LogP contribution is -2.13. The van der Waals surface area contributed by atoms with Crippen molar-refractivity contribution in [2.75, 3.05) is 24.2 Å². The zero-order valence-electron chi connectivity index (χ0n) is 9.77. The summed E-state index contributed by atoms with van der Waals surface area (Å²) in [5.41, 5.74) is 6.43. The van der Waals surface area contributed by atoms with Crippen molar-refractivity contribution in [3.05, 3.63) is 47.1 Å². The predicted molar refractivity (Wildman–Crippen MR) is 76.8 cm³/mol. The molecule has 1 aromatic carbocycles. The van der Waals surface area contributed by atoms with Crippen LogP contribution in [0.15, 0.2) is 47.1 Å². The molecule has 1 aromatic heterocycles. The lowest BCUT2D eigenvalue weighted by molar-refractivity contribution is 0.333. The van der Waals surface area contributed by atoms with Crippen LogP contribution >= 0.6 is 15.9 Å². The van der Waals surface area contributed by atoms with Crippen LogP contribution in [0.1, 0.15) is 0 Å². The summed E-state index contributed by atoms with van der Waals surface area (Å²) in [5, 5.41) is 3.13. The molecule has 4 nitrogen and oxygen atoms in total. The molecule has 0 unspecified atom stereocenters. The molecule has 3 N–H and O–H groups in total. The van der Waals surface area contributed by atoms with E-state index in [9.17, 15) is 0 Å². The van der Waals surface area contributed by atoms with E-state index in [1.165, 1.54) is 0 Å². The van der Waals surface area contributed by atoms with Gasteiger partial charge < -0.3 is 15.8 Å². The van der Waals surface area contributed by atoms with Gasteiger partial charge in [-0.05, 0) is 34.1 Å². The summed E-state index contributed by atoms with van der Waals surface area (Å²) in [5.74, 6) is 1.53. The van der Waals surface area contributed by atoms with E-state index in [4.69, 9.17) is 10.5 Å². The molecule has 5 heteroatoms. The van der Waals surface area contributed by atoms with Gasteiger partial charge in [0.2, 0.25) is 0 Å². The van der Waals surface area contributed by atoms with Crippen LogP contribution in [0, 0.1) is 0 Å². The predicted octanol–water partition coefficient (Wildman–Crippen LogP) is 2.92. The van der Waals surface area contributed by atoms with Gasteiger partial charge in [-0.15, -0.1) is 0 Å². The Bertz CT molecular complexity index is 505. The van der Waals surface area contributed by atoms with E-state index in [0.717, 1.165) is 10.2 Å². The molecule has 2 aromatic rings. The van der Waals surface area contributed by atoms with Crippen LogP contribution < -0.4 is 15.8 Å². The average molecular weight is 308 g/mol. The van der Waals surface area contributed by atoms with Crippen LogP contribution in [0.4, 0.5) is 11.5 Å². The van der Waals surface area contributed by atoms with Gasteiger partial charge in [0.25, 0.3) is 0 Å². The van der Waals surface area contributed by atoms with Crippen LogP contribution in [0.5, 0.6) is 5.75 Å². The number of nitrogens with two attached hydrogens (primary N) is 1. The smallest absolute Gasteiger partial charge is 0.149 e. The molecule has 0 radical (unpaired) electrons. The number of nitrogen functional groups attached to an aromatic ring is 1. The van der Waals surface area contributed by atoms with Crippen molar-refractivity contribution in [1.82, 2.24) is 4.98 Å². The summed E-state index contributed by atoms with van der Waals surface area (Å²) < 4.78 is 6.42. The number of hydrogen-bond donors (Lipinski definition) is 2. The molecular weight excluding hydrogens is 294 g/mol. The number of aromatic nitrogens is 1. The Balaban J connectivity index is 1.79. The van der Waals surface area contributed by atoms with Crippen LogP contribution in [0.3, 0.4) is 0 Å². The normalized spacial score (nSPS) is 10.1. The molecule has 18 heavy (non-hydrogen) atoms. The Labute approximate surface area is 114 Å². The number of ether oxygens (including phenoxy) is 1. The summed E-state index contributed by atoms with van der Waals surface area (Å²) in [6.45, 7) is 1.20. The first-order valence-corrected chi connectivity index (χ1v) is 6.38. The minimum absolute atomic E-state index is 0.557. The third-order valence-corrected chi connectivity index (χ3v) is 2.72. The maximum Gasteiger partial charge on any atom is 0.149 e. The number of halogens is 1. The largest absolute Gasteiger partial charge is 0.492 e. The molecule has 0 aliphatic rings. The lowest BCUT2D eigenvalue weighted by Gasteiger charge is -2.09. The fourth-order valence-electron chi connectivity index (χ4n) is 1.46.